The molecule has 3 nitrogen and oxygen atoms in total. The highest BCUT2D eigenvalue weighted by Crippen LogP contribution is 2.14. The monoisotopic (exact) mass is 187 g/mol. The van der Waals surface area contributed by atoms with Crippen LogP contribution in [0, 0.1) is 17.1 Å². The Morgan fingerprint density at radius 3 is 2.93 bits per heavy atom. The summed E-state index contributed by atoms with van der Waals surface area (Å²) in [5, 5.41) is 8.79. The topological polar surface area (TPSA) is 41.6 Å². The fourth-order valence-electron chi connectivity index (χ4n) is 1.22. The summed E-state index contributed by atoms with van der Waals surface area (Å²) in [5.41, 5.74) is 0.925. The zero-order chi connectivity index (χ0) is 9.97. The van der Waals surface area contributed by atoms with Crippen molar-refractivity contribution >= 4 is 0 Å². The quantitative estimate of drug-likeness (QED) is 0.684. The SMILES string of the molecule is N#Cc1cc(F)ccc1-n1ccnc1. The maximum atomic E-state index is 12.8. The lowest BCUT2D eigenvalue weighted by Crippen LogP contribution is -1.94. The molecule has 0 N–H and O–H groups in total. The lowest BCUT2D eigenvalue weighted by Gasteiger charge is -2.03. The molecule has 68 valence electrons. The maximum Gasteiger partial charge on any atom is 0.124 e. The summed E-state index contributed by atoms with van der Waals surface area (Å²) < 4.78 is 14.5. The van der Waals surface area contributed by atoms with Crippen molar-refractivity contribution in [3.63, 3.8) is 0 Å². The van der Waals surface area contributed by atoms with Gasteiger partial charge in [0.2, 0.25) is 0 Å². The standard InChI is InChI=1S/C10H6FN3/c11-9-1-2-10(8(5-9)6-12)14-4-3-13-7-14/h1-5,7H. The first-order valence-electron chi connectivity index (χ1n) is 3.99. The second kappa shape index (κ2) is 3.30. The Bertz CT molecular complexity index is 483. The molecule has 0 spiro atoms. The highest BCUT2D eigenvalue weighted by atomic mass is 19.1. The number of hydrogen-bond acceptors (Lipinski definition) is 2. The third-order valence-electron chi connectivity index (χ3n) is 1.86. The average molecular weight is 187 g/mol. The van der Waals surface area contributed by atoms with E-state index in [-0.39, 0.29) is 0 Å². The van der Waals surface area contributed by atoms with Crippen LogP contribution in [-0.4, -0.2) is 9.55 Å². The van der Waals surface area contributed by atoms with Gasteiger partial charge in [0, 0.05) is 12.4 Å². The summed E-state index contributed by atoms with van der Waals surface area (Å²) in [7, 11) is 0. The predicted octanol–water partition coefficient (Wildman–Crippen LogP) is 1.88. The van der Waals surface area contributed by atoms with E-state index in [1.807, 2.05) is 6.07 Å². The van der Waals surface area contributed by atoms with E-state index in [0.29, 0.717) is 11.3 Å². The maximum absolute atomic E-state index is 12.8. The molecular weight excluding hydrogens is 181 g/mol. The largest absolute Gasteiger partial charge is 0.305 e. The Balaban J connectivity index is 2.60. The molecule has 0 bridgehead atoms. The van der Waals surface area contributed by atoms with Gasteiger partial charge in [0.1, 0.15) is 11.9 Å². The van der Waals surface area contributed by atoms with Crippen molar-refractivity contribution in [2.75, 3.05) is 0 Å². The third-order valence-corrected chi connectivity index (χ3v) is 1.86. The Kier molecular flexibility index (Phi) is 1.99. The first kappa shape index (κ1) is 8.45. The summed E-state index contributed by atoms with van der Waals surface area (Å²) >= 11 is 0. The molecule has 14 heavy (non-hydrogen) atoms. The molecule has 0 aliphatic carbocycles. The first-order chi connectivity index (χ1) is 6.81. The van der Waals surface area contributed by atoms with Gasteiger partial charge in [-0.3, -0.25) is 0 Å². The number of nitrogens with zero attached hydrogens (tertiary/aromatic N) is 3. The van der Waals surface area contributed by atoms with Crippen molar-refractivity contribution in [1.29, 1.82) is 5.26 Å². The third kappa shape index (κ3) is 1.36. The van der Waals surface area contributed by atoms with E-state index in [1.54, 1.807) is 29.4 Å². The van der Waals surface area contributed by atoms with Crippen molar-refractivity contribution < 1.29 is 4.39 Å². The van der Waals surface area contributed by atoms with Gasteiger partial charge in [-0.25, -0.2) is 9.37 Å². The van der Waals surface area contributed by atoms with Crippen LogP contribution < -0.4 is 0 Å². The van der Waals surface area contributed by atoms with Crippen molar-refractivity contribution in [2.24, 2.45) is 0 Å². The zero-order valence-electron chi connectivity index (χ0n) is 7.18. The van der Waals surface area contributed by atoms with Gasteiger partial charge in [-0.1, -0.05) is 0 Å². The molecule has 2 aromatic rings. The molecule has 0 saturated heterocycles. The van der Waals surface area contributed by atoms with E-state index < -0.39 is 5.82 Å². The minimum absolute atomic E-state index is 0.294. The molecular formula is C10H6FN3. The van der Waals surface area contributed by atoms with Crippen molar-refractivity contribution in [3.05, 3.63) is 48.3 Å². The highest BCUT2D eigenvalue weighted by Gasteiger charge is 2.04. The van der Waals surface area contributed by atoms with Crippen LogP contribution in [0.15, 0.2) is 36.9 Å². The van der Waals surface area contributed by atoms with Crippen LogP contribution in [-0.2, 0) is 0 Å². The van der Waals surface area contributed by atoms with E-state index in [1.165, 1.54) is 12.1 Å². The molecule has 0 radical (unpaired) electrons. The molecule has 1 heterocycles. The zero-order valence-corrected chi connectivity index (χ0v) is 7.18. The van der Waals surface area contributed by atoms with Crippen molar-refractivity contribution in [1.82, 2.24) is 9.55 Å². The summed E-state index contributed by atoms with van der Waals surface area (Å²) in [6, 6.07) is 6.01. The van der Waals surface area contributed by atoms with Gasteiger partial charge < -0.3 is 4.57 Å². The van der Waals surface area contributed by atoms with Crippen LogP contribution in [0.25, 0.3) is 5.69 Å². The van der Waals surface area contributed by atoms with Gasteiger partial charge in [-0.15, -0.1) is 0 Å². The molecule has 0 atom stereocenters. The predicted molar refractivity (Wildman–Crippen MR) is 48.2 cm³/mol. The lowest BCUT2D eigenvalue weighted by molar-refractivity contribution is 0.627. The van der Waals surface area contributed by atoms with Gasteiger partial charge in [0.25, 0.3) is 0 Å². The number of hydrogen-bond donors (Lipinski definition) is 0. The first-order valence-corrected chi connectivity index (χ1v) is 3.99. The van der Waals surface area contributed by atoms with Gasteiger partial charge in [-0.2, -0.15) is 5.26 Å². The number of benzene rings is 1. The molecule has 0 saturated carbocycles. The van der Waals surface area contributed by atoms with Crippen LogP contribution in [0.3, 0.4) is 0 Å². The van der Waals surface area contributed by atoms with Crippen molar-refractivity contribution in [3.8, 4) is 11.8 Å². The molecule has 0 aliphatic rings. The van der Waals surface area contributed by atoms with Crippen LogP contribution in [0.5, 0.6) is 0 Å². The van der Waals surface area contributed by atoms with Gasteiger partial charge in [0.05, 0.1) is 17.6 Å². The second-order valence-corrected chi connectivity index (χ2v) is 2.74. The average Bonchev–Trinajstić information content (AvgIpc) is 2.70. The normalized spacial score (nSPS) is 9.71. The van der Waals surface area contributed by atoms with Crippen LogP contribution in [0.1, 0.15) is 5.56 Å². The summed E-state index contributed by atoms with van der Waals surface area (Å²) in [5.74, 6) is -0.412. The molecule has 1 aromatic heterocycles. The van der Waals surface area contributed by atoms with Gasteiger partial charge in [-0.05, 0) is 18.2 Å². The Morgan fingerprint density at radius 2 is 2.29 bits per heavy atom. The number of aromatic nitrogens is 2. The second-order valence-electron chi connectivity index (χ2n) is 2.74. The smallest absolute Gasteiger partial charge is 0.124 e. The van der Waals surface area contributed by atoms with E-state index >= 15 is 0 Å². The fraction of sp³-hybridized carbons (Fsp3) is 0. The molecule has 2 rings (SSSR count). The number of imidazole rings is 1. The van der Waals surface area contributed by atoms with Gasteiger partial charge >= 0.3 is 0 Å². The molecule has 0 aliphatic heterocycles. The minimum atomic E-state index is -0.412. The van der Waals surface area contributed by atoms with Crippen molar-refractivity contribution in [2.45, 2.75) is 0 Å². The van der Waals surface area contributed by atoms with E-state index in [9.17, 15) is 4.39 Å². The highest BCUT2D eigenvalue weighted by molar-refractivity contribution is 5.48. The Morgan fingerprint density at radius 1 is 1.43 bits per heavy atom. The molecule has 0 amide bonds. The van der Waals surface area contributed by atoms with Crippen LogP contribution >= 0.6 is 0 Å². The van der Waals surface area contributed by atoms with E-state index in [4.69, 9.17) is 5.26 Å². The van der Waals surface area contributed by atoms with Crippen LogP contribution in [0.4, 0.5) is 4.39 Å². The number of halogens is 1. The Labute approximate surface area is 80.1 Å². The van der Waals surface area contributed by atoms with E-state index in [0.717, 1.165) is 0 Å². The molecule has 4 heteroatoms. The lowest BCUT2D eigenvalue weighted by atomic mass is 10.2. The molecule has 1 aromatic carbocycles. The van der Waals surface area contributed by atoms with Crippen LogP contribution in [0.2, 0.25) is 0 Å². The molecule has 0 unspecified atom stereocenters. The summed E-state index contributed by atoms with van der Waals surface area (Å²) in [6.07, 6.45) is 4.87. The Hall–Kier alpha value is -2.15. The van der Waals surface area contributed by atoms with E-state index in [2.05, 4.69) is 4.98 Å². The summed E-state index contributed by atoms with van der Waals surface area (Å²) in [4.78, 5) is 3.86. The number of rotatable bonds is 1. The molecule has 0 fully saturated rings. The number of nitriles is 1. The minimum Gasteiger partial charge on any atom is -0.305 e. The van der Waals surface area contributed by atoms with Gasteiger partial charge in [0.15, 0.2) is 0 Å². The summed E-state index contributed by atoms with van der Waals surface area (Å²) in [6.45, 7) is 0. The fourth-order valence-corrected chi connectivity index (χ4v) is 1.22.